The highest BCUT2D eigenvalue weighted by atomic mass is 16.5. The van der Waals surface area contributed by atoms with Crippen molar-refractivity contribution in [2.45, 2.75) is 51.2 Å². The molecule has 1 N–H and O–H groups in total. The minimum Gasteiger partial charge on any atom is -0.460 e. The lowest BCUT2D eigenvalue weighted by atomic mass is 10.0. The Labute approximate surface area is 95.3 Å². The van der Waals surface area contributed by atoms with Gasteiger partial charge in [0.05, 0.1) is 6.10 Å². The van der Waals surface area contributed by atoms with Crippen molar-refractivity contribution in [1.29, 1.82) is 0 Å². The van der Waals surface area contributed by atoms with E-state index in [2.05, 4.69) is 0 Å². The topological polar surface area (TPSA) is 63.6 Å². The summed E-state index contributed by atoms with van der Waals surface area (Å²) >= 11 is 0. The molecule has 16 heavy (non-hydrogen) atoms. The number of esters is 1. The molecule has 0 saturated carbocycles. The van der Waals surface area contributed by atoms with Crippen molar-refractivity contribution in [3.63, 3.8) is 0 Å². The third-order valence-electron chi connectivity index (χ3n) is 2.62. The van der Waals surface area contributed by atoms with Crippen LogP contribution in [-0.2, 0) is 14.3 Å². The molecular weight excluding hydrogens is 208 g/mol. The summed E-state index contributed by atoms with van der Waals surface area (Å²) < 4.78 is 5.05. The molecule has 4 nitrogen and oxygen atoms in total. The number of cyclic esters (lactones) is 1. The van der Waals surface area contributed by atoms with E-state index < -0.39 is 17.9 Å². The number of carbonyl (C=O) groups excluding carboxylic acids is 2. The van der Waals surface area contributed by atoms with Crippen molar-refractivity contribution in [3.8, 4) is 0 Å². The molecule has 1 rings (SSSR count). The molecule has 0 aromatic heterocycles. The van der Waals surface area contributed by atoms with Gasteiger partial charge in [-0.2, -0.15) is 0 Å². The van der Waals surface area contributed by atoms with Gasteiger partial charge >= 0.3 is 5.97 Å². The van der Waals surface area contributed by atoms with Gasteiger partial charge in [-0.1, -0.05) is 12.8 Å². The maximum absolute atomic E-state index is 11.3. The molecule has 0 spiro atoms. The van der Waals surface area contributed by atoms with Crippen LogP contribution in [0.25, 0.3) is 0 Å². The van der Waals surface area contributed by atoms with Gasteiger partial charge in [0.25, 0.3) is 0 Å². The summed E-state index contributed by atoms with van der Waals surface area (Å²) in [6.45, 7) is 1.84. The van der Waals surface area contributed by atoms with Gasteiger partial charge in [-0.15, -0.1) is 0 Å². The van der Waals surface area contributed by atoms with Gasteiger partial charge in [-0.05, 0) is 32.3 Å². The zero-order chi connectivity index (χ0) is 12.0. The van der Waals surface area contributed by atoms with Crippen LogP contribution in [0.5, 0.6) is 0 Å². The lowest BCUT2D eigenvalue weighted by Gasteiger charge is -2.13. The van der Waals surface area contributed by atoms with E-state index in [9.17, 15) is 14.7 Å². The van der Waals surface area contributed by atoms with Crippen LogP contribution in [0.4, 0.5) is 0 Å². The van der Waals surface area contributed by atoms with Gasteiger partial charge in [0.2, 0.25) is 0 Å². The van der Waals surface area contributed by atoms with E-state index in [1.807, 2.05) is 6.92 Å². The number of aliphatic hydroxyl groups is 1. The number of aliphatic hydroxyl groups excluding tert-OH is 1. The zero-order valence-electron chi connectivity index (χ0n) is 9.52. The molecule has 2 atom stereocenters. The molecule has 90 valence electrons. The maximum Gasteiger partial charge on any atom is 0.331 e. The summed E-state index contributed by atoms with van der Waals surface area (Å²) in [5.74, 6) is -0.946. The van der Waals surface area contributed by atoms with Crippen LogP contribution in [0.2, 0.25) is 0 Å². The fourth-order valence-electron chi connectivity index (χ4n) is 1.65. The Kier molecular flexibility index (Phi) is 5.19. The summed E-state index contributed by atoms with van der Waals surface area (Å²) in [5.41, 5.74) is 0. The largest absolute Gasteiger partial charge is 0.460 e. The number of hydrogen-bond donors (Lipinski definition) is 1. The van der Waals surface area contributed by atoms with E-state index >= 15 is 0 Å². The first-order valence-corrected chi connectivity index (χ1v) is 5.70. The molecule has 1 aliphatic heterocycles. The molecule has 0 radical (unpaired) electrons. The molecule has 4 heteroatoms. The van der Waals surface area contributed by atoms with Crippen LogP contribution in [0.15, 0.2) is 12.2 Å². The van der Waals surface area contributed by atoms with Crippen LogP contribution in [-0.4, -0.2) is 29.1 Å². The molecule has 0 aromatic carbocycles. The van der Waals surface area contributed by atoms with Gasteiger partial charge in [-0.25, -0.2) is 4.79 Å². The summed E-state index contributed by atoms with van der Waals surface area (Å²) in [5, 5.41) is 9.45. The van der Waals surface area contributed by atoms with Gasteiger partial charge in [0, 0.05) is 6.08 Å². The SMILES string of the molecule is C[C@H]1CCCCC[C@@H](O)C(=O)/C=C\C(=O)O1. The minimum absolute atomic E-state index is 0.114. The van der Waals surface area contributed by atoms with Gasteiger partial charge in [0.1, 0.15) is 6.10 Å². The Bertz CT molecular complexity index is 283. The molecule has 0 fully saturated rings. The van der Waals surface area contributed by atoms with E-state index in [0.29, 0.717) is 6.42 Å². The fraction of sp³-hybridized carbons (Fsp3) is 0.667. The molecule has 0 unspecified atom stereocenters. The lowest BCUT2D eigenvalue weighted by Crippen LogP contribution is -2.20. The van der Waals surface area contributed by atoms with E-state index in [4.69, 9.17) is 4.74 Å². The molecule has 0 aromatic rings. The maximum atomic E-state index is 11.3. The lowest BCUT2D eigenvalue weighted by molar-refractivity contribution is -0.142. The van der Waals surface area contributed by atoms with E-state index in [-0.39, 0.29) is 6.10 Å². The Morgan fingerprint density at radius 1 is 1.19 bits per heavy atom. The highest BCUT2D eigenvalue weighted by molar-refractivity contribution is 5.98. The summed E-state index contributed by atoms with van der Waals surface area (Å²) in [7, 11) is 0. The minimum atomic E-state index is -0.985. The van der Waals surface area contributed by atoms with Crippen LogP contribution in [0.3, 0.4) is 0 Å². The number of hydrogen-bond acceptors (Lipinski definition) is 4. The first kappa shape index (κ1) is 12.9. The monoisotopic (exact) mass is 226 g/mol. The first-order chi connectivity index (χ1) is 7.59. The highest BCUT2D eigenvalue weighted by Crippen LogP contribution is 2.11. The fourth-order valence-corrected chi connectivity index (χ4v) is 1.65. The summed E-state index contributed by atoms with van der Waals surface area (Å²) in [6.07, 6.45) is 5.08. The molecule has 1 heterocycles. The average Bonchev–Trinajstić information content (AvgIpc) is 2.23. The molecule has 1 aliphatic rings. The molecule has 0 amide bonds. The Morgan fingerprint density at radius 2 is 1.88 bits per heavy atom. The number of carbonyl (C=O) groups is 2. The van der Waals surface area contributed by atoms with Crippen molar-refractivity contribution >= 4 is 11.8 Å². The third-order valence-corrected chi connectivity index (χ3v) is 2.62. The number of ether oxygens (including phenoxy) is 1. The zero-order valence-corrected chi connectivity index (χ0v) is 9.52. The molecule has 0 bridgehead atoms. The van der Waals surface area contributed by atoms with Crippen LogP contribution < -0.4 is 0 Å². The van der Waals surface area contributed by atoms with Crippen molar-refractivity contribution in [1.82, 2.24) is 0 Å². The van der Waals surface area contributed by atoms with Gasteiger partial charge in [-0.3, -0.25) is 4.79 Å². The molecule has 0 aliphatic carbocycles. The van der Waals surface area contributed by atoms with Crippen molar-refractivity contribution < 1.29 is 19.4 Å². The summed E-state index contributed by atoms with van der Waals surface area (Å²) in [6, 6.07) is 0. The van der Waals surface area contributed by atoms with Crippen LogP contribution in [0.1, 0.15) is 39.0 Å². The van der Waals surface area contributed by atoms with E-state index in [0.717, 1.165) is 37.8 Å². The average molecular weight is 226 g/mol. The van der Waals surface area contributed by atoms with Gasteiger partial charge < -0.3 is 9.84 Å². The predicted molar refractivity (Wildman–Crippen MR) is 58.8 cm³/mol. The van der Waals surface area contributed by atoms with Crippen molar-refractivity contribution in [3.05, 3.63) is 12.2 Å². The summed E-state index contributed by atoms with van der Waals surface area (Å²) in [4.78, 5) is 22.5. The standard InChI is InChI=1S/C12H18O4/c1-9-5-3-2-4-6-10(13)11(14)7-8-12(15)16-9/h7-10,13H,2-6H2,1H3/b8-7-/t9-,10+/m0/s1. The quantitative estimate of drug-likeness (QED) is 0.634. The number of ketones is 1. The molecule has 0 saturated heterocycles. The smallest absolute Gasteiger partial charge is 0.331 e. The van der Waals surface area contributed by atoms with Gasteiger partial charge in [0.15, 0.2) is 5.78 Å². The normalized spacial score (nSPS) is 31.1. The predicted octanol–water partition coefficient (Wildman–Crippen LogP) is 1.37. The Morgan fingerprint density at radius 3 is 2.62 bits per heavy atom. The highest BCUT2D eigenvalue weighted by Gasteiger charge is 2.14. The van der Waals surface area contributed by atoms with Crippen LogP contribution >= 0.6 is 0 Å². The van der Waals surface area contributed by atoms with E-state index in [1.54, 1.807) is 0 Å². The molecular formula is C12H18O4. The van der Waals surface area contributed by atoms with Crippen molar-refractivity contribution in [2.24, 2.45) is 0 Å². The van der Waals surface area contributed by atoms with E-state index in [1.165, 1.54) is 0 Å². The Hall–Kier alpha value is -1.16. The first-order valence-electron chi connectivity index (χ1n) is 5.70. The van der Waals surface area contributed by atoms with Crippen molar-refractivity contribution in [2.75, 3.05) is 0 Å². The second-order valence-corrected chi connectivity index (χ2v) is 4.14. The Balaban J connectivity index is 2.61. The van der Waals surface area contributed by atoms with Crippen LogP contribution in [0, 0.1) is 0 Å². The second kappa shape index (κ2) is 6.43. The number of rotatable bonds is 0. The third kappa shape index (κ3) is 4.57. The second-order valence-electron chi connectivity index (χ2n) is 4.14.